The van der Waals surface area contributed by atoms with Crippen molar-refractivity contribution in [2.45, 2.75) is 45.1 Å². The molecule has 1 rings (SSSR count). The van der Waals surface area contributed by atoms with E-state index >= 15 is 0 Å². The first-order valence-electron chi connectivity index (χ1n) is 6.36. The Morgan fingerprint density at radius 3 is 2.88 bits per heavy atom. The van der Waals surface area contributed by atoms with Crippen molar-refractivity contribution in [1.82, 2.24) is 4.90 Å². The molecule has 0 aromatic rings. The SMILES string of the molecule is CCCCSCCC(=O)N1CCCC1CN.Cl. The van der Waals surface area contributed by atoms with Gasteiger partial charge in [0, 0.05) is 31.3 Å². The Morgan fingerprint density at radius 2 is 2.24 bits per heavy atom. The number of thioether (sulfide) groups is 1. The summed E-state index contributed by atoms with van der Waals surface area (Å²) in [7, 11) is 0. The number of rotatable bonds is 7. The van der Waals surface area contributed by atoms with Gasteiger partial charge in [0.15, 0.2) is 0 Å². The predicted octanol–water partition coefficient (Wildman–Crippen LogP) is 2.28. The van der Waals surface area contributed by atoms with Crippen molar-refractivity contribution < 1.29 is 4.79 Å². The molecule has 2 N–H and O–H groups in total. The minimum atomic E-state index is 0. The summed E-state index contributed by atoms with van der Waals surface area (Å²) in [5.74, 6) is 2.45. The van der Waals surface area contributed by atoms with Crippen LogP contribution in [0, 0.1) is 0 Å². The van der Waals surface area contributed by atoms with E-state index in [1.807, 2.05) is 16.7 Å². The Bertz CT molecular complexity index is 217. The number of hydrogen-bond acceptors (Lipinski definition) is 3. The van der Waals surface area contributed by atoms with Crippen molar-refractivity contribution in [2.75, 3.05) is 24.6 Å². The summed E-state index contributed by atoms with van der Waals surface area (Å²) >= 11 is 1.90. The van der Waals surface area contributed by atoms with Gasteiger partial charge in [-0.1, -0.05) is 13.3 Å². The first-order valence-corrected chi connectivity index (χ1v) is 7.52. The average Bonchev–Trinajstić information content (AvgIpc) is 2.76. The molecule has 1 unspecified atom stereocenters. The van der Waals surface area contributed by atoms with Crippen molar-refractivity contribution in [3.8, 4) is 0 Å². The Morgan fingerprint density at radius 1 is 1.47 bits per heavy atom. The van der Waals surface area contributed by atoms with Crippen molar-refractivity contribution in [1.29, 1.82) is 0 Å². The Kier molecular flexibility index (Phi) is 10.1. The number of carbonyl (C=O) groups excluding carboxylic acids is 1. The molecule has 0 spiro atoms. The lowest BCUT2D eigenvalue weighted by Gasteiger charge is -2.23. The quantitative estimate of drug-likeness (QED) is 0.728. The molecule has 0 bridgehead atoms. The average molecular weight is 281 g/mol. The molecule has 0 aliphatic carbocycles. The molecule has 1 fully saturated rings. The zero-order chi connectivity index (χ0) is 11.8. The standard InChI is InChI=1S/C12H24N2OS.ClH/c1-2-3-8-16-9-6-12(15)14-7-4-5-11(14)10-13;/h11H,2-10,13H2,1H3;1H. The van der Waals surface area contributed by atoms with Crippen LogP contribution in [0.5, 0.6) is 0 Å². The van der Waals surface area contributed by atoms with E-state index < -0.39 is 0 Å². The van der Waals surface area contributed by atoms with E-state index in [2.05, 4.69) is 6.92 Å². The molecule has 1 heterocycles. The van der Waals surface area contributed by atoms with Gasteiger partial charge in [-0.15, -0.1) is 12.4 Å². The van der Waals surface area contributed by atoms with Crippen LogP contribution in [0.4, 0.5) is 0 Å². The molecule has 1 saturated heterocycles. The molecule has 3 nitrogen and oxygen atoms in total. The van der Waals surface area contributed by atoms with Gasteiger partial charge in [-0.3, -0.25) is 4.79 Å². The molecule has 1 amide bonds. The summed E-state index contributed by atoms with van der Waals surface area (Å²) in [5, 5.41) is 0. The summed E-state index contributed by atoms with van der Waals surface area (Å²) in [6.45, 7) is 3.73. The number of likely N-dealkylation sites (tertiary alicyclic amines) is 1. The number of hydrogen-bond donors (Lipinski definition) is 1. The summed E-state index contributed by atoms with van der Waals surface area (Å²) in [5.41, 5.74) is 5.66. The molecule has 0 aromatic heterocycles. The van der Waals surface area contributed by atoms with Gasteiger partial charge in [0.2, 0.25) is 5.91 Å². The number of nitrogens with two attached hydrogens (primary N) is 1. The molecule has 1 aliphatic rings. The van der Waals surface area contributed by atoms with Crippen LogP contribution in [0.2, 0.25) is 0 Å². The maximum atomic E-state index is 11.9. The van der Waals surface area contributed by atoms with Gasteiger partial charge in [-0.25, -0.2) is 0 Å². The lowest BCUT2D eigenvalue weighted by molar-refractivity contribution is -0.131. The van der Waals surface area contributed by atoms with E-state index in [0.717, 1.165) is 25.1 Å². The Labute approximate surface area is 115 Å². The number of unbranched alkanes of at least 4 members (excludes halogenated alkanes) is 1. The molecule has 102 valence electrons. The first-order chi connectivity index (χ1) is 7.79. The van der Waals surface area contributed by atoms with E-state index in [0.29, 0.717) is 24.9 Å². The number of amides is 1. The summed E-state index contributed by atoms with van der Waals surface area (Å²) in [6, 6.07) is 0.313. The lowest BCUT2D eigenvalue weighted by Crippen LogP contribution is -2.40. The second kappa shape index (κ2) is 10.0. The minimum absolute atomic E-state index is 0. The van der Waals surface area contributed by atoms with Gasteiger partial charge >= 0.3 is 0 Å². The first kappa shape index (κ1) is 17.1. The third-order valence-electron chi connectivity index (χ3n) is 3.07. The third-order valence-corrected chi connectivity index (χ3v) is 4.14. The van der Waals surface area contributed by atoms with Gasteiger partial charge in [-0.05, 0) is 25.0 Å². The maximum absolute atomic E-state index is 11.9. The molecule has 5 heteroatoms. The number of nitrogens with zero attached hydrogens (tertiary/aromatic N) is 1. The fourth-order valence-electron chi connectivity index (χ4n) is 2.06. The highest BCUT2D eigenvalue weighted by atomic mass is 35.5. The molecule has 1 aliphatic heterocycles. The smallest absolute Gasteiger partial charge is 0.223 e. The molecular formula is C12H25ClN2OS. The highest BCUT2D eigenvalue weighted by Crippen LogP contribution is 2.18. The van der Waals surface area contributed by atoms with Crippen molar-refractivity contribution in [3.05, 3.63) is 0 Å². The van der Waals surface area contributed by atoms with Crippen LogP contribution in [0.15, 0.2) is 0 Å². The van der Waals surface area contributed by atoms with Crippen molar-refractivity contribution >= 4 is 30.1 Å². The predicted molar refractivity (Wildman–Crippen MR) is 77.9 cm³/mol. The van der Waals surface area contributed by atoms with Gasteiger partial charge in [0.1, 0.15) is 0 Å². The van der Waals surface area contributed by atoms with Crippen molar-refractivity contribution in [3.63, 3.8) is 0 Å². The minimum Gasteiger partial charge on any atom is -0.338 e. The van der Waals surface area contributed by atoms with Gasteiger partial charge < -0.3 is 10.6 Å². The van der Waals surface area contributed by atoms with Crippen LogP contribution in [0.25, 0.3) is 0 Å². The van der Waals surface area contributed by atoms with Gasteiger partial charge in [0.05, 0.1) is 0 Å². The van der Waals surface area contributed by atoms with Crippen LogP contribution in [-0.4, -0.2) is 41.4 Å². The fraction of sp³-hybridized carbons (Fsp3) is 0.917. The number of halogens is 1. The largest absolute Gasteiger partial charge is 0.338 e. The van der Waals surface area contributed by atoms with Gasteiger partial charge in [-0.2, -0.15) is 11.8 Å². The van der Waals surface area contributed by atoms with E-state index in [4.69, 9.17) is 5.73 Å². The fourth-order valence-corrected chi connectivity index (χ4v) is 3.08. The zero-order valence-corrected chi connectivity index (χ0v) is 12.3. The van der Waals surface area contributed by atoms with Gasteiger partial charge in [0.25, 0.3) is 0 Å². The van der Waals surface area contributed by atoms with E-state index in [1.54, 1.807) is 0 Å². The molecule has 0 aromatic carbocycles. The number of carbonyl (C=O) groups is 1. The molecule has 0 radical (unpaired) electrons. The third kappa shape index (κ3) is 5.98. The summed E-state index contributed by atoms with van der Waals surface area (Å²) in [4.78, 5) is 13.9. The monoisotopic (exact) mass is 280 g/mol. The van der Waals surface area contributed by atoms with Crippen LogP contribution < -0.4 is 5.73 Å². The van der Waals surface area contributed by atoms with Crippen LogP contribution in [-0.2, 0) is 4.79 Å². The van der Waals surface area contributed by atoms with Crippen LogP contribution >= 0.6 is 24.2 Å². The summed E-state index contributed by atoms with van der Waals surface area (Å²) < 4.78 is 0. The Hall–Kier alpha value is 0.0700. The van der Waals surface area contributed by atoms with E-state index in [1.165, 1.54) is 18.6 Å². The molecule has 17 heavy (non-hydrogen) atoms. The Balaban J connectivity index is 0.00000256. The maximum Gasteiger partial charge on any atom is 0.223 e. The second-order valence-electron chi connectivity index (χ2n) is 4.33. The highest BCUT2D eigenvalue weighted by molar-refractivity contribution is 7.99. The second-order valence-corrected chi connectivity index (χ2v) is 5.56. The topological polar surface area (TPSA) is 46.3 Å². The normalized spacial score (nSPS) is 19.2. The van der Waals surface area contributed by atoms with Crippen molar-refractivity contribution in [2.24, 2.45) is 5.73 Å². The molecular weight excluding hydrogens is 256 g/mol. The summed E-state index contributed by atoms with van der Waals surface area (Å²) in [6.07, 6.45) is 5.39. The molecule has 1 atom stereocenters. The lowest BCUT2D eigenvalue weighted by atomic mass is 10.2. The van der Waals surface area contributed by atoms with Crippen LogP contribution in [0.3, 0.4) is 0 Å². The molecule has 0 saturated carbocycles. The highest BCUT2D eigenvalue weighted by Gasteiger charge is 2.26. The van der Waals surface area contributed by atoms with Crippen LogP contribution in [0.1, 0.15) is 39.0 Å². The zero-order valence-electron chi connectivity index (χ0n) is 10.7. The van der Waals surface area contributed by atoms with E-state index in [-0.39, 0.29) is 12.4 Å². The van der Waals surface area contributed by atoms with E-state index in [9.17, 15) is 4.79 Å².